The minimum Gasteiger partial charge on any atom is -0.496 e. The zero-order valence-electron chi connectivity index (χ0n) is 10.2. The summed E-state index contributed by atoms with van der Waals surface area (Å²) < 4.78 is 10.5. The Bertz CT molecular complexity index is 461. The highest BCUT2D eigenvalue weighted by Crippen LogP contribution is 2.22. The van der Waals surface area contributed by atoms with Gasteiger partial charge in [-0.25, -0.2) is 0 Å². The maximum atomic E-state index is 12.1. The molecule has 0 fully saturated rings. The molecule has 90 valence electrons. The van der Waals surface area contributed by atoms with Gasteiger partial charge in [-0.1, -0.05) is 0 Å². The van der Waals surface area contributed by atoms with Gasteiger partial charge in [-0.15, -0.1) is 0 Å². The molecular formula is C14H16O3. The molecule has 3 nitrogen and oxygen atoms in total. The highest BCUT2D eigenvalue weighted by Gasteiger charge is 2.16. The van der Waals surface area contributed by atoms with E-state index in [-0.39, 0.29) is 5.78 Å². The van der Waals surface area contributed by atoms with E-state index in [9.17, 15) is 4.79 Å². The third-order valence-electron chi connectivity index (χ3n) is 2.82. The number of methoxy groups -OCH3 is 1. The Balaban J connectivity index is 2.25. The molecule has 1 aliphatic heterocycles. The van der Waals surface area contributed by atoms with Crippen LogP contribution in [0.4, 0.5) is 0 Å². The second-order valence-electron chi connectivity index (χ2n) is 4.07. The van der Waals surface area contributed by atoms with Crippen molar-refractivity contribution in [3.63, 3.8) is 0 Å². The lowest BCUT2D eigenvalue weighted by molar-refractivity contribution is 0.0899. The molecule has 0 radical (unpaired) electrons. The van der Waals surface area contributed by atoms with E-state index in [0.29, 0.717) is 17.9 Å². The molecular weight excluding hydrogens is 216 g/mol. The number of benzene rings is 1. The van der Waals surface area contributed by atoms with Crippen molar-refractivity contribution in [2.24, 2.45) is 0 Å². The topological polar surface area (TPSA) is 35.5 Å². The fourth-order valence-corrected chi connectivity index (χ4v) is 1.88. The molecule has 0 bridgehead atoms. The van der Waals surface area contributed by atoms with E-state index in [1.807, 2.05) is 25.1 Å². The zero-order chi connectivity index (χ0) is 12.3. The Morgan fingerprint density at radius 1 is 1.41 bits per heavy atom. The van der Waals surface area contributed by atoms with E-state index in [4.69, 9.17) is 9.47 Å². The Labute approximate surface area is 101 Å². The van der Waals surface area contributed by atoms with Crippen LogP contribution in [0.1, 0.15) is 28.8 Å². The number of hydrogen-bond donors (Lipinski definition) is 0. The van der Waals surface area contributed by atoms with Crippen molar-refractivity contribution in [1.29, 1.82) is 0 Å². The van der Waals surface area contributed by atoms with E-state index >= 15 is 0 Å². The van der Waals surface area contributed by atoms with Crippen molar-refractivity contribution in [2.75, 3.05) is 13.7 Å². The van der Waals surface area contributed by atoms with Crippen LogP contribution in [0.15, 0.2) is 30.0 Å². The summed E-state index contributed by atoms with van der Waals surface area (Å²) in [6, 6.07) is 5.42. The fraction of sp³-hybridized carbons (Fsp3) is 0.357. The predicted molar refractivity (Wildman–Crippen MR) is 65.3 cm³/mol. The third-order valence-corrected chi connectivity index (χ3v) is 2.82. The largest absolute Gasteiger partial charge is 0.496 e. The molecule has 17 heavy (non-hydrogen) atoms. The van der Waals surface area contributed by atoms with Gasteiger partial charge in [0.25, 0.3) is 0 Å². The summed E-state index contributed by atoms with van der Waals surface area (Å²) >= 11 is 0. The maximum Gasteiger partial charge on any atom is 0.227 e. The van der Waals surface area contributed by atoms with Crippen molar-refractivity contribution in [3.05, 3.63) is 41.2 Å². The normalized spacial score (nSPS) is 14.8. The van der Waals surface area contributed by atoms with Gasteiger partial charge in [0.15, 0.2) is 5.76 Å². The number of Topliss-reactive ketones (excluding diaryl/α,β-unsaturated/α-hetero) is 1. The minimum absolute atomic E-state index is 0.0459. The van der Waals surface area contributed by atoms with E-state index < -0.39 is 0 Å². The van der Waals surface area contributed by atoms with Crippen LogP contribution in [-0.2, 0) is 4.74 Å². The van der Waals surface area contributed by atoms with Gasteiger partial charge in [0, 0.05) is 5.56 Å². The van der Waals surface area contributed by atoms with Crippen LogP contribution in [0.3, 0.4) is 0 Å². The number of carbonyl (C=O) groups is 1. The first-order valence-corrected chi connectivity index (χ1v) is 5.74. The molecule has 1 aromatic carbocycles. The highest BCUT2D eigenvalue weighted by atomic mass is 16.5. The first kappa shape index (κ1) is 11.7. The van der Waals surface area contributed by atoms with Crippen LogP contribution >= 0.6 is 0 Å². The maximum absolute atomic E-state index is 12.1. The molecule has 2 rings (SSSR count). The SMILES string of the molecule is COc1ccc(C(=O)C2=CCCCO2)cc1C. The van der Waals surface area contributed by atoms with Crippen LogP contribution in [0, 0.1) is 6.92 Å². The second kappa shape index (κ2) is 5.04. The Morgan fingerprint density at radius 3 is 2.82 bits per heavy atom. The van der Waals surface area contributed by atoms with Gasteiger partial charge >= 0.3 is 0 Å². The average Bonchev–Trinajstić information content (AvgIpc) is 2.39. The molecule has 0 unspecified atom stereocenters. The van der Waals surface area contributed by atoms with Gasteiger partial charge < -0.3 is 9.47 Å². The highest BCUT2D eigenvalue weighted by molar-refractivity contribution is 6.07. The average molecular weight is 232 g/mol. The number of hydrogen-bond acceptors (Lipinski definition) is 3. The van der Waals surface area contributed by atoms with Crippen LogP contribution in [0.2, 0.25) is 0 Å². The quantitative estimate of drug-likeness (QED) is 0.752. The van der Waals surface area contributed by atoms with Crippen molar-refractivity contribution in [1.82, 2.24) is 0 Å². The molecule has 0 saturated carbocycles. The summed E-state index contributed by atoms with van der Waals surface area (Å²) in [6.07, 6.45) is 3.76. The van der Waals surface area contributed by atoms with E-state index in [2.05, 4.69) is 0 Å². The Kier molecular flexibility index (Phi) is 3.47. The van der Waals surface area contributed by atoms with Gasteiger partial charge in [0.05, 0.1) is 13.7 Å². The van der Waals surface area contributed by atoms with Crippen molar-refractivity contribution in [3.8, 4) is 5.75 Å². The minimum atomic E-state index is -0.0459. The molecule has 0 amide bonds. The van der Waals surface area contributed by atoms with Crippen molar-refractivity contribution >= 4 is 5.78 Å². The lowest BCUT2D eigenvalue weighted by atomic mass is 10.0. The number of carbonyl (C=O) groups excluding carboxylic acids is 1. The molecule has 0 aliphatic carbocycles. The van der Waals surface area contributed by atoms with Crippen LogP contribution in [0.5, 0.6) is 5.75 Å². The number of ketones is 1. The summed E-state index contributed by atoms with van der Waals surface area (Å²) in [5.41, 5.74) is 1.60. The van der Waals surface area contributed by atoms with Crippen LogP contribution in [-0.4, -0.2) is 19.5 Å². The first-order valence-electron chi connectivity index (χ1n) is 5.74. The molecule has 0 N–H and O–H groups in total. The standard InChI is InChI=1S/C14H16O3/c1-10-9-11(6-7-12(10)16-2)14(15)13-5-3-4-8-17-13/h5-7,9H,3-4,8H2,1-2H3. The lowest BCUT2D eigenvalue weighted by Crippen LogP contribution is -2.11. The Morgan fingerprint density at radius 2 is 2.24 bits per heavy atom. The van der Waals surface area contributed by atoms with Crippen LogP contribution < -0.4 is 4.74 Å². The van der Waals surface area contributed by atoms with Crippen LogP contribution in [0.25, 0.3) is 0 Å². The van der Waals surface area contributed by atoms with Gasteiger partial charge in [0.2, 0.25) is 5.78 Å². The number of aryl methyl sites for hydroxylation is 1. The molecule has 0 atom stereocenters. The molecule has 0 spiro atoms. The summed E-state index contributed by atoms with van der Waals surface area (Å²) in [5.74, 6) is 1.22. The van der Waals surface area contributed by atoms with Gasteiger partial charge in [-0.05, 0) is 49.6 Å². The van der Waals surface area contributed by atoms with E-state index in [1.165, 1.54) is 0 Å². The molecule has 3 heteroatoms. The molecule has 0 saturated heterocycles. The smallest absolute Gasteiger partial charge is 0.227 e. The second-order valence-corrected chi connectivity index (χ2v) is 4.07. The molecule has 1 heterocycles. The summed E-state index contributed by atoms with van der Waals surface area (Å²) in [7, 11) is 1.62. The fourth-order valence-electron chi connectivity index (χ4n) is 1.88. The first-order chi connectivity index (χ1) is 8.22. The summed E-state index contributed by atoms with van der Waals surface area (Å²) in [5, 5.41) is 0. The number of rotatable bonds is 3. The monoisotopic (exact) mass is 232 g/mol. The number of allylic oxidation sites excluding steroid dienone is 2. The van der Waals surface area contributed by atoms with E-state index in [0.717, 1.165) is 24.2 Å². The van der Waals surface area contributed by atoms with Gasteiger partial charge in [-0.2, -0.15) is 0 Å². The van der Waals surface area contributed by atoms with Crippen molar-refractivity contribution in [2.45, 2.75) is 19.8 Å². The molecule has 1 aliphatic rings. The number of ether oxygens (including phenoxy) is 2. The molecule has 0 aromatic heterocycles. The van der Waals surface area contributed by atoms with Gasteiger partial charge in [0.1, 0.15) is 5.75 Å². The van der Waals surface area contributed by atoms with E-state index in [1.54, 1.807) is 13.2 Å². The molecule has 1 aromatic rings. The lowest BCUT2D eigenvalue weighted by Gasteiger charge is -2.14. The summed E-state index contributed by atoms with van der Waals surface area (Å²) in [6.45, 7) is 2.55. The third kappa shape index (κ3) is 2.49. The Hall–Kier alpha value is -1.77. The predicted octanol–water partition coefficient (Wildman–Crippen LogP) is 2.88. The van der Waals surface area contributed by atoms with Crippen molar-refractivity contribution < 1.29 is 14.3 Å². The zero-order valence-corrected chi connectivity index (χ0v) is 10.2. The summed E-state index contributed by atoms with van der Waals surface area (Å²) in [4.78, 5) is 12.1. The van der Waals surface area contributed by atoms with Gasteiger partial charge in [-0.3, -0.25) is 4.79 Å².